The van der Waals surface area contributed by atoms with Gasteiger partial charge in [-0.3, -0.25) is 9.59 Å². The van der Waals surface area contributed by atoms with Crippen LogP contribution >= 0.6 is 0 Å². The van der Waals surface area contributed by atoms with Crippen molar-refractivity contribution in [3.05, 3.63) is 59.7 Å². The average molecular weight is 314 g/mol. The van der Waals surface area contributed by atoms with Gasteiger partial charge in [0.05, 0.1) is 18.4 Å². The first-order valence-corrected chi connectivity index (χ1v) is 6.93. The Morgan fingerprint density at radius 2 is 1.83 bits per heavy atom. The van der Waals surface area contributed by atoms with E-state index in [0.29, 0.717) is 17.0 Å². The summed E-state index contributed by atoms with van der Waals surface area (Å²) in [6.07, 6.45) is -0.842. The number of rotatable bonds is 6. The highest BCUT2D eigenvalue weighted by molar-refractivity contribution is 6.04. The molecule has 6 nitrogen and oxygen atoms in total. The number of anilines is 1. The molecule has 1 atom stereocenters. The van der Waals surface area contributed by atoms with Crippen molar-refractivity contribution in [2.24, 2.45) is 5.73 Å². The van der Waals surface area contributed by atoms with Crippen molar-refractivity contribution in [2.75, 3.05) is 19.5 Å². The monoisotopic (exact) mass is 314 g/mol. The molecule has 0 aliphatic rings. The van der Waals surface area contributed by atoms with Crippen LogP contribution in [0.15, 0.2) is 48.5 Å². The fraction of sp³-hybridized carbons (Fsp3) is 0.176. The minimum atomic E-state index is -0.842. The van der Waals surface area contributed by atoms with E-state index < -0.39 is 17.9 Å². The van der Waals surface area contributed by atoms with E-state index >= 15 is 0 Å². The number of nitrogens with two attached hydrogens (primary N) is 1. The van der Waals surface area contributed by atoms with Gasteiger partial charge in [0, 0.05) is 7.11 Å². The van der Waals surface area contributed by atoms with Crippen LogP contribution in [0.1, 0.15) is 22.0 Å². The first kappa shape index (κ1) is 16.5. The second kappa shape index (κ2) is 7.42. The van der Waals surface area contributed by atoms with Crippen LogP contribution in [0.5, 0.6) is 5.75 Å². The van der Waals surface area contributed by atoms with Crippen LogP contribution in [0, 0.1) is 0 Å². The van der Waals surface area contributed by atoms with E-state index in [1.54, 1.807) is 55.6 Å². The summed E-state index contributed by atoms with van der Waals surface area (Å²) in [6.45, 7) is 0. The molecule has 0 aromatic heterocycles. The van der Waals surface area contributed by atoms with Gasteiger partial charge in [0.1, 0.15) is 5.75 Å². The summed E-state index contributed by atoms with van der Waals surface area (Å²) in [5.74, 6) is -0.402. The highest BCUT2D eigenvalue weighted by Crippen LogP contribution is 2.24. The van der Waals surface area contributed by atoms with Crippen LogP contribution in [0.3, 0.4) is 0 Å². The topological polar surface area (TPSA) is 90.7 Å². The van der Waals surface area contributed by atoms with Gasteiger partial charge < -0.3 is 20.5 Å². The number of ether oxygens (including phenoxy) is 2. The van der Waals surface area contributed by atoms with E-state index in [1.165, 1.54) is 7.11 Å². The zero-order valence-corrected chi connectivity index (χ0v) is 12.9. The summed E-state index contributed by atoms with van der Waals surface area (Å²) in [7, 11) is 2.98. The number of methoxy groups -OCH3 is 2. The molecule has 2 amide bonds. The third-order valence-electron chi connectivity index (χ3n) is 3.32. The minimum absolute atomic E-state index is 0.237. The molecule has 23 heavy (non-hydrogen) atoms. The van der Waals surface area contributed by atoms with Crippen LogP contribution in [0.25, 0.3) is 0 Å². The SMILES string of the molecule is COc1cccc(C(OC)C(=O)Nc2ccccc2C(N)=O)c1. The molecule has 3 N–H and O–H groups in total. The van der Waals surface area contributed by atoms with Crippen LogP contribution in [-0.2, 0) is 9.53 Å². The Kier molecular flexibility index (Phi) is 5.32. The zero-order valence-electron chi connectivity index (χ0n) is 12.9. The van der Waals surface area contributed by atoms with Crippen LogP contribution < -0.4 is 15.8 Å². The van der Waals surface area contributed by atoms with E-state index in [9.17, 15) is 9.59 Å². The zero-order chi connectivity index (χ0) is 16.8. The molecule has 2 rings (SSSR count). The molecule has 0 aliphatic heterocycles. The average Bonchev–Trinajstić information content (AvgIpc) is 2.56. The number of benzene rings is 2. The lowest BCUT2D eigenvalue weighted by Crippen LogP contribution is -2.24. The highest BCUT2D eigenvalue weighted by Gasteiger charge is 2.22. The van der Waals surface area contributed by atoms with E-state index in [4.69, 9.17) is 15.2 Å². The smallest absolute Gasteiger partial charge is 0.258 e. The molecule has 2 aromatic carbocycles. The molecule has 6 heteroatoms. The van der Waals surface area contributed by atoms with Gasteiger partial charge >= 0.3 is 0 Å². The first-order chi connectivity index (χ1) is 11.1. The maximum absolute atomic E-state index is 12.5. The maximum Gasteiger partial charge on any atom is 0.258 e. The Morgan fingerprint density at radius 1 is 1.09 bits per heavy atom. The van der Waals surface area contributed by atoms with Crippen LogP contribution in [-0.4, -0.2) is 26.0 Å². The van der Waals surface area contributed by atoms with Crippen molar-refractivity contribution >= 4 is 17.5 Å². The number of hydrogen-bond acceptors (Lipinski definition) is 4. The van der Waals surface area contributed by atoms with Gasteiger partial charge in [0.2, 0.25) is 0 Å². The highest BCUT2D eigenvalue weighted by atomic mass is 16.5. The fourth-order valence-electron chi connectivity index (χ4n) is 2.20. The van der Waals surface area contributed by atoms with Gasteiger partial charge in [-0.2, -0.15) is 0 Å². The lowest BCUT2D eigenvalue weighted by atomic mass is 10.1. The van der Waals surface area contributed by atoms with Gasteiger partial charge in [0.15, 0.2) is 6.10 Å². The minimum Gasteiger partial charge on any atom is -0.497 e. The van der Waals surface area contributed by atoms with Gasteiger partial charge in [-0.1, -0.05) is 24.3 Å². The van der Waals surface area contributed by atoms with Crippen LogP contribution in [0.2, 0.25) is 0 Å². The summed E-state index contributed by atoms with van der Waals surface area (Å²) in [5.41, 5.74) is 6.53. The quantitative estimate of drug-likeness (QED) is 0.854. The Bertz CT molecular complexity index is 715. The number of para-hydroxylation sites is 1. The standard InChI is InChI=1S/C17H18N2O4/c1-22-12-7-5-6-11(10-12)15(23-2)17(21)19-14-9-4-3-8-13(14)16(18)20/h3-10,15H,1-2H3,(H2,18,20)(H,19,21). The van der Waals surface area contributed by atoms with Crippen molar-refractivity contribution in [3.8, 4) is 5.75 Å². The van der Waals surface area contributed by atoms with Crippen molar-refractivity contribution in [1.29, 1.82) is 0 Å². The number of primary amides is 1. The largest absolute Gasteiger partial charge is 0.497 e. The van der Waals surface area contributed by atoms with Crippen molar-refractivity contribution in [3.63, 3.8) is 0 Å². The van der Waals surface area contributed by atoms with Crippen molar-refractivity contribution in [1.82, 2.24) is 0 Å². The Hall–Kier alpha value is -2.86. The van der Waals surface area contributed by atoms with E-state index in [0.717, 1.165) is 0 Å². The second-order valence-electron chi connectivity index (χ2n) is 4.79. The Morgan fingerprint density at radius 3 is 2.48 bits per heavy atom. The molecule has 0 spiro atoms. The Balaban J connectivity index is 2.26. The Labute approximate surface area is 134 Å². The van der Waals surface area contributed by atoms with Crippen LogP contribution in [0.4, 0.5) is 5.69 Å². The first-order valence-electron chi connectivity index (χ1n) is 6.93. The van der Waals surface area contributed by atoms with Gasteiger partial charge in [-0.05, 0) is 29.8 Å². The molecular weight excluding hydrogens is 296 g/mol. The number of carbonyl (C=O) groups excluding carboxylic acids is 2. The molecule has 0 bridgehead atoms. The second-order valence-corrected chi connectivity index (χ2v) is 4.79. The molecule has 0 aliphatic carbocycles. The molecule has 0 fully saturated rings. The maximum atomic E-state index is 12.5. The summed E-state index contributed by atoms with van der Waals surface area (Å²) >= 11 is 0. The van der Waals surface area contributed by atoms with Crippen molar-refractivity contribution < 1.29 is 19.1 Å². The number of amides is 2. The number of hydrogen-bond donors (Lipinski definition) is 2. The van der Waals surface area contributed by atoms with Crippen molar-refractivity contribution in [2.45, 2.75) is 6.10 Å². The van der Waals surface area contributed by atoms with Gasteiger partial charge in [-0.25, -0.2) is 0 Å². The fourth-order valence-corrected chi connectivity index (χ4v) is 2.20. The van der Waals surface area contributed by atoms with E-state index in [2.05, 4.69) is 5.32 Å². The molecule has 0 heterocycles. The molecule has 0 saturated carbocycles. The normalized spacial score (nSPS) is 11.6. The van der Waals surface area contributed by atoms with E-state index in [1.807, 2.05) is 0 Å². The molecule has 0 saturated heterocycles. The third-order valence-corrected chi connectivity index (χ3v) is 3.32. The lowest BCUT2D eigenvalue weighted by molar-refractivity contribution is -0.126. The molecule has 120 valence electrons. The van der Waals surface area contributed by atoms with Gasteiger partial charge in [0.25, 0.3) is 11.8 Å². The predicted octanol–water partition coefficient (Wildman–Crippen LogP) is 2.12. The molecule has 2 aromatic rings. The molecule has 1 unspecified atom stereocenters. The lowest BCUT2D eigenvalue weighted by Gasteiger charge is -2.17. The third kappa shape index (κ3) is 3.87. The summed E-state index contributed by atoms with van der Waals surface area (Å²) in [5, 5.41) is 2.67. The summed E-state index contributed by atoms with van der Waals surface area (Å²) < 4.78 is 10.4. The van der Waals surface area contributed by atoms with Gasteiger partial charge in [-0.15, -0.1) is 0 Å². The predicted molar refractivity (Wildman–Crippen MR) is 86.3 cm³/mol. The number of nitrogens with one attached hydrogen (secondary N) is 1. The summed E-state index contributed by atoms with van der Waals surface area (Å²) in [4.78, 5) is 23.9. The molecular formula is C17H18N2O4. The van der Waals surface area contributed by atoms with E-state index in [-0.39, 0.29) is 5.56 Å². The number of carbonyl (C=O) groups is 2. The summed E-state index contributed by atoms with van der Waals surface area (Å²) in [6, 6.07) is 13.5. The molecule has 0 radical (unpaired) electrons.